The Labute approximate surface area is 110 Å². The normalized spacial score (nSPS) is 12.2. The van der Waals surface area contributed by atoms with E-state index in [2.05, 4.69) is 28.2 Å². The zero-order valence-electron chi connectivity index (χ0n) is 9.39. The molecule has 0 aliphatic heterocycles. The Balaban J connectivity index is 2.56. The molecule has 1 aromatic rings. The van der Waals surface area contributed by atoms with Gasteiger partial charge in [-0.1, -0.05) is 34.5 Å². The van der Waals surface area contributed by atoms with Gasteiger partial charge in [0.05, 0.1) is 0 Å². The molecule has 1 atom stereocenters. The molecule has 0 aliphatic carbocycles. The number of carbonyl (C=O) groups is 1. The number of amides is 1. The van der Waals surface area contributed by atoms with Crippen LogP contribution in [0.25, 0.3) is 0 Å². The molecule has 1 aromatic carbocycles. The van der Waals surface area contributed by atoms with E-state index in [1.165, 1.54) is 0 Å². The molecule has 2 nitrogen and oxygen atoms in total. The summed E-state index contributed by atoms with van der Waals surface area (Å²) in [5, 5.41) is 3.55. The number of benzene rings is 1. The lowest BCUT2D eigenvalue weighted by Crippen LogP contribution is -2.25. The van der Waals surface area contributed by atoms with Crippen LogP contribution in [0, 0.1) is 6.92 Å². The van der Waals surface area contributed by atoms with Crippen molar-refractivity contribution >= 4 is 33.4 Å². The number of aryl methyl sites for hydroxylation is 1. The van der Waals surface area contributed by atoms with Crippen molar-refractivity contribution in [3.05, 3.63) is 34.3 Å². The lowest BCUT2D eigenvalue weighted by Gasteiger charge is -2.07. The fourth-order valence-electron chi connectivity index (χ4n) is 1.27. The molecule has 0 spiro atoms. The minimum Gasteiger partial charge on any atom is -0.352 e. The van der Waals surface area contributed by atoms with Crippen molar-refractivity contribution in [3.8, 4) is 0 Å². The van der Waals surface area contributed by atoms with Gasteiger partial charge >= 0.3 is 0 Å². The Bertz CT molecular complexity index is 379. The molecule has 0 heterocycles. The van der Waals surface area contributed by atoms with E-state index in [1.54, 1.807) is 18.2 Å². The van der Waals surface area contributed by atoms with Crippen molar-refractivity contribution in [3.63, 3.8) is 0 Å². The summed E-state index contributed by atoms with van der Waals surface area (Å²) in [6.45, 7) is 4.62. The van der Waals surface area contributed by atoms with Gasteiger partial charge in [0.2, 0.25) is 0 Å². The Kier molecular flexibility index (Phi) is 5.29. The Morgan fingerprint density at radius 3 is 2.81 bits per heavy atom. The van der Waals surface area contributed by atoms with Gasteiger partial charge in [0, 0.05) is 22.0 Å². The SMILES string of the molecule is Cc1cc(C(=O)NCCC(C)Br)ccc1Cl. The molecule has 1 unspecified atom stereocenters. The standard InChI is InChI=1S/C12H15BrClNO/c1-8-7-10(3-4-11(8)14)12(16)15-6-5-9(2)13/h3-4,7,9H,5-6H2,1-2H3,(H,15,16). The van der Waals surface area contributed by atoms with Gasteiger partial charge in [0.15, 0.2) is 0 Å². The van der Waals surface area contributed by atoms with Crippen LogP contribution in [0.3, 0.4) is 0 Å². The molecule has 0 bridgehead atoms. The molecule has 88 valence electrons. The van der Waals surface area contributed by atoms with Crippen LogP contribution in [0.1, 0.15) is 29.3 Å². The van der Waals surface area contributed by atoms with E-state index in [1.807, 2.05) is 6.92 Å². The zero-order valence-corrected chi connectivity index (χ0v) is 11.7. The second kappa shape index (κ2) is 6.26. The number of hydrogen-bond donors (Lipinski definition) is 1. The van der Waals surface area contributed by atoms with Crippen molar-refractivity contribution in [2.24, 2.45) is 0 Å². The number of nitrogens with one attached hydrogen (secondary N) is 1. The number of hydrogen-bond acceptors (Lipinski definition) is 1. The second-order valence-corrected chi connectivity index (χ2v) is 5.76. The van der Waals surface area contributed by atoms with E-state index in [4.69, 9.17) is 11.6 Å². The topological polar surface area (TPSA) is 29.1 Å². The van der Waals surface area contributed by atoms with Crippen molar-refractivity contribution in [2.75, 3.05) is 6.54 Å². The third-order valence-corrected chi connectivity index (χ3v) is 3.13. The van der Waals surface area contributed by atoms with Crippen LogP contribution in [-0.2, 0) is 0 Å². The van der Waals surface area contributed by atoms with E-state index in [-0.39, 0.29) is 5.91 Å². The van der Waals surface area contributed by atoms with E-state index in [9.17, 15) is 4.79 Å². The van der Waals surface area contributed by atoms with Gasteiger partial charge in [-0.05, 0) is 37.1 Å². The van der Waals surface area contributed by atoms with E-state index in [0.717, 1.165) is 12.0 Å². The zero-order chi connectivity index (χ0) is 12.1. The monoisotopic (exact) mass is 303 g/mol. The van der Waals surface area contributed by atoms with E-state index >= 15 is 0 Å². The largest absolute Gasteiger partial charge is 0.352 e. The van der Waals surface area contributed by atoms with Crippen molar-refractivity contribution in [1.82, 2.24) is 5.32 Å². The molecule has 4 heteroatoms. The molecule has 0 radical (unpaired) electrons. The number of rotatable bonds is 4. The average molecular weight is 305 g/mol. The highest BCUT2D eigenvalue weighted by atomic mass is 79.9. The molecule has 1 rings (SSSR count). The Hall–Kier alpha value is -0.540. The maximum absolute atomic E-state index is 11.7. The first-order valence-corrected chi connectivity index (χ1v) is 6.48. The maximum Gasteiger partial charge on any atom is 0.251 e. The van der Waals surface area contributed by atoms with Gasteiger partial charge < -0.3 is 5.32 Å². The fourth-order valence-corrected chi connectivity index (χ4v) is 1.62. The van der Waals surface area contributed by atoms with Crippen LogP contribution in [0.5, 0.6) is 0 Å². The van der Waals surface area contributed by atoms with Gasteiger partial charge in [0.25, 0.3) is 5.91 Å². The molecule has 0 aromatic heterocycles. The summed E-state index contributed by atoms with van der Waals surface area (Å²) in [4.78, 5) is 12.1. The Morgan fingerprint density at radius 2 is 2.25 bits per heavy atom. The van der Waals surface area contributed by atoms with Crippen LogP contribution < -0.4 is 5.32 Å². The first kappa shape index (κ1) is 13.5. The first-order chi connectivity index (χ1) is 7.50. The molecule has 0 aliphatic rings. The smallest absolute Gasteiger partial charge is 0.251 e. The lowest BCUT2D eigenvalue weighted by molar-refractivity contribution is 0.0953. The summed E-state index contributed by atoms with van der Waals surface area (Å²) >= 11 is 9.33. The molecule has 1 amide bonds. The highest BCUT2D eigenvalue weighted by molar-refractivity contribution is 9.09. The molecular formula is C12H15BrClNO. The van der Waals surface area contributed by atoms with Crippen LogP contribution >= 0.6 is 27.5 Å². The van der Waals surface area contributed by atoms with Crippen LogP contribution in [0.15, 0.2) is 18.2 Å². The molecular weight excluding hydrogens is 289 g/mol. The van der Waals surface area contributed by atoms with Gasteiger partial charge in [-0.25, -0.2) is 0 Å². The predicted octanol–water partition coefficient (Wildman–Crippen LogP) is 3.55. The third-order valence-electron chi connectivity index (χ3n) is 2.25. The minimum absolute atomic E-state index is 0.0482. The van der Waals surface area contributed by atoms with Crippen LogP contribution in [-0.4, -0.2) is 17.3 Å². The van der Waals surface area contributed by atoms with Gasteiger partial charge in [-0.2, -0.15) is 0 Å². The number of halogens is 2. The Morgan fingerprint density at radius 1 is 1.56 bits per heavy atom. The van der Waals surface area contributed by atoms with Crippen molar-refractivity contribution in [2.45, 2.75) is 25.1 Å². The highest BCUT2D eigenvalue weighted by Gasteiger charge is 2.06. The summed E-state index contributed by atoms with van der Waals surface area (Å²) in [6, 6.07) is 5.29. The molecule has 16 heavy (non-hydrogen) atoms. The number of alkyl halides is 1. The van der Waals surface area contributed by atoms with Gasteiger partial charge in [-0.15, -0.1) is 0 Å². The summed E-state index contributed by atoms with van der Waals surface area (Å²) < 4.78 is 0. The quantitative estimate of drug-likeness (QED) is 0.847. The minimum atomic E-state index is -0.0482. The fraction of sp³-hybridized carbons (Fsp3) is 0.417. The van der Waals surface area contributed by atoms with Crippen LogP contribution in [0.4, 0.5) is 0 Å². The summed E-state index contributed by atoms with van der Waals surface area (Å²) in [5.41, 5.74) is 1.58. The van der Waals surface area contributed by atoms with Gasteiger partial charge in [-0.3, -0.25) is 4.79 Å². The first-order valence-electron chi connectivity index (χ1n) is 5.19. The van der Waals surface area contributed by atoms with E-state index in [0.29, 0.717) is 22.0 Å². The van der Waals surface area contributed by atoms with E-state index < -0.39 is 0 Å². The summed E-state index contributed by atoms with van der Waals surface area (Å²) in [5.74, 6) is -0.0482. The van der Waals surface area contributed by atoms with Crippen molar-refractivity contribution in [1.29, 1.82) is 0 Å². The molecule has 1 N–H and O–H groups in total. The summed E-state index contributed by atoms with van der Waals surface area (Å²) in [6.07, 6.45) is 0.915. The highest BCUT2D eigenvalue weighted by Crippen LogP contribution is 2.16. The number of carbonyl (C=O) groups excluding carboxylic acids is 1. The van der Waals surface area contributed by atoms with Gasteiger partial charge in [0.1, 0.15) is 0 Å². The second-order valence-electron chi connectivity index (χ2n) is 3.79. The molecule has 0 saturated heterocycles. The molecule has 0 fully saturated rings. The average Bonchev–Trinajstić information content (AvgIpc) is 2.21. The summed E-state index contributed by atoms with van der Waals surface area (Å²) in [7, 11) is 0. The maximum atomic E-state index is 11.7. The van der Waals surface area contributed by atoms with Crippen LogP contribution in [0.2, 0.25) is 5.02 Å². The third kappa shape index (κ3) is 4.14. The predicted molar refractivity (Wildman–Crippen MR) is 71.5 cm³/mol. The lowest BCUT2D eigenvalue weighted by atomic mass is 10.1. The molecule has 0 saturated carbocycles. The van der Waals surface area contributed by atoms with Crippen molar-refractivity contribution < 1.29 is 4.79 Å².